The molecular formula is C16H18ClNS. The Morgan fingerprint density at radius 1 is 1.05 bits per heavy atom. The van der Waals surface area contributed by atoms with Crippen LogP contribution in [0.2, 0.25) is 5.02 Å². The van der Waals surface area contributed by atoms with Crippen molar-refractivity contribution >= 4 is 23.4 Å². The summed E-state index contributed by atoms with van der Waals surface area (Å²) in [6.07, 6.45) is 0. The monoisotopic (exact) mass is 291 g/mol. The number of benzene rings is 2. The molecule has 0 aliphatic rings. The van der Waals surface area contributed by atoms with Crippen molar-refractivity contribution in [1.29, 1.82) is 0 Å². The summed E-state index contributed by atoms with van der Waals surface area (Å²) in [6, 6.07) is 18.7. The first kappa shape index (κ1) is 14.4. The topological polar surface area (TPSA) is 12.0 Å². The summed E-state index contributed by atoms with van der Waals surface area (Å²) >= 11 is 7.86. The lowest BCUT2D eigenvalue weighted by atomic mass is 10.1. The van der Waals surface area contributed by atoms with Gasteiger partial charge in [0.05, 0.1) is 0 Å². The molecule has 0 saturated carbocycles. The van der Waals surface area contributed by atoms with Gasteiger partial charge < -0.3 is 5.32 Å². The van der Waals surface area contributed by atoms with Crippen LogP contribution in [0.25, 0.3) is 0 Å². The molecule has 0 saturated heterocycles. The fraction of sp³-hybridized carbons (Fsp3) is 0.250. The molecule has 100 valence electrons. The van der Waals surface area contributed by atoms with E-state index in [4.69, 9.17) is 11.6 Å². The average Bonchev–Trinajstić information content (AvgIpc) is 2.46. The van der Waals surface area contributed by atoms with E-state index in [0.29, 0.717) is 5.25 Å². The Labute approximate surface area is 124 Å². The third-order valence-electron chi connectivity index (χ3n) is 2.93. The third-order valence-corrected chi connectivity index (χ3v) is 4.52. The average molecular weight is 292 g/mol. The molecule has 0 aliphatic carbocycles. The molecule has 2 aromatic carbocycles. The van der Waals surface area contributed by atoms with Gasteiger partial charge in [0.2, 0.25) is 0 Å². The molecule has 0 bridgehead atoms. The Hall–Kier alpha value is -0.960. The van der Waals surface area contributed by atoms with Crippen molar-refractivity contribution in [2.24, 2.45) is 0 Å². The van der Waals surface area contributed by atoms with E-state index in [-0.39, 0.29) is 0 Å². The first-order valence-electron chi connectivity index (χ1n) is 6.35. The zero-order valence-electron chi connectivity index (χ0n) is 11.0. The Balaban J connectivity index is 1.99. The maximum absolute atomic E-state index is 5.90. The van der Waals surface area contributed by atoms with Gasteiger partial charge in [0.25, 0.3) is 0 Å². The van der Waals surface area contributed by atoms with E-state index in [1.54, 1.807) is 0 Å². The molecule has 2 rings (SSSR count). The molecule has 0 fully saturated rings. The van der Waals surface area contributed by atoms with Crippen LogP contribution in [0.5, 0.6) is 0 Å². The Morgan fingerprint density at radius 2 is 1.74 bits per heavy atom. The number of halogens is 1. The van der Waals surface area contributed by atoms with Crippen LogP contribution in [0.15, 0.2) is 54.6 Å². The van der Waals surface area contributed by atoms with Crippen molar-refractivity contribution in [3.8, 4) is 0 Å². The van der Waals surface area contributed by atoms with Gasteiger partial charge in [-0.2, -0.15) is 0 Å². The van der Waals surface area contributed by atoms with Gasteiger partial charge in [-0.05, 0) is 30.3 Å². The van der Waals surface area contributed by atoms with Gasteiger partial charge in [-0.25, -0.2) is 0 Å². The predicted molar refractivity (Wildman–Crippen MR) is 85.9 cm³/mol. The Bertz CT molecular complexity index is 484. The Kier molecular flexibility index (Phi) is 5.77. The first-order chi connectivity index (χ1) is 9.29. The SMILES string of the molecule is CNCC(SCc1ccc(Cl)cc1)c1ccccc1. The first-order valence-corrected chi connectivity index (χ1v) is 7.78. The quantitative estimate of drug-likeness (QED) is 0.839. The van der Waals surface area contributed by atoms with E-state index in [1.807, 2.05) is 30.9 Å². The van der Waals surface area contributed by atoms with Crippen LogP contribution < -0.4 is 5.32 Å². The summed E-state index contributed by atoms with van der Waals surface area (Å²) in [5.41, 5.74) is 2.68. The van der Waals surface area contributed by atoms with Crippen molar-refractivity contribution in [3.63, 3.8) is 0 Å². The molecule has 2 aromatic rings. The van der Waals surface area contributed by atoms with E-state index in [2.05, 4.69) is 47.8 Å². The highest BCUT2D eigenvalue weighted by atomic mass is 35.5. The highest BCUT2D eigenvalue weighted by molar-refractivity contribution is 7.98. The summed E-state index contributed by atoms with van der Waals surface area (Å²) < 4.78 is 0. The van der Waals surface area contributed by atoms with E-state index in [1.165, 1.54) is 11.1 Å². The summed E-state index contributed by atoms with van der Waals surface area (Å²) in [4.78, 5) is 0. The van der Waals surface area contributed by atoms with Crippen molar-refractivity contribution in [2.75, 3.05) is 13.6 Å². The highest BCUT2D eigenvalue weighted by Gasteiger charge is 2.10. The molecule has 0 heterocycles. The fourth-order valence-corrected chi connectivity index (χ4v) is 3.25. The number of nitrogens with one attached hydrogen (secondary N) is 1. The van der Waals surface area contributed by atoms with Gasteiger partial charge in [0.1, 0.15) is 0 Å². The molecule has 0 spiro atoms. The predicted octanol–water partition coefficient (Wildman–Crippen LogP) is 4.53. The molecule has 0 amide bonds. The van der Waals surface area contributed by atoms with Crippen molar-refractivity contribution in [1.82, 2.24) is 5.32 Å². The van der Waals surface area contributed by atoms with E-state index < -0.39 is 0 Å². The second kappa shape index (κ2) is 7.59. The molecule has 1 atom stereocenters. The van der Waals surface area contributed by atoms with Crippen molar-refractivity contribution in [2.45, 2.75) is 11.0 Å². The van der Waals surface area contributed by atoms with Crippen LogP contribution in [0.3, 0.4) is 0 Å². The second-order valence-electron chi connectivity index (χ2n) is 4.39. The number of hydrogen-bond donors (Lipinski definition) is 1. The van der Waals surface area contributed by atoms with Crippen LogP contribution in [0.4, 0.5) is 0 Å². The third kappa shape index (κ3) is 4.57. The number of thioether (sulfide) groups is 1. The summed E-state index contributed by atoms with van der Waals surface area (Å²) in [6.45, 7) is 0.974. The summed E-state index contributed by atoms with van der Waals surface area (Å²) in [5, 5.41) is 4.54. The molecule has 0 aromatic heterocycles. The smallest absolute Gasteiger partial charge is 0.0425 e. The minimum atomic E-state index is 0.474. The highest BCUT2D eigenvalue weighted by Crippen LogP contribution is 2.31. The van der Waals surface area contributed by atoms with Gasteiger partial charge in [0.15, 0.2) is 0 Å². The van der Waals surface area contributed by atoms with E-state index >= 15 is 0 Å². The van der Waals surface area contributed by atoms with Crippen LogP contribution in [0, 0.1) is 0 Å². The lowest BCUT2D eigenvalue weighted by Crippen LogP contribution is -2.15. The maximum atomic E-state index is 5.90. The molecule has 19 heavy (non-hydrogen) atoms. The van der Waals surface area contributed by atoms with Crippen LogP contribution in [-0.4, -0.2) is 13.6 Å². The van der Waals surface area contributed by atoms with Gasteiger partial charge >= 0.3 is 0 Å². The standard InChI is InChI=1S/C16H18ClNS/c1-18-11-16(14-5-3-2-4-6-14)19-12-13-7-9-15(17)10-8-13/h2-10,16,18H,11-12H2,1H3. The van der Waals surface area contributed by atoms with E-state index in [0.717, 1.165) is 17.3 Å². The Morgan fingerprint density at radius 3 is 2.37 bits per heavy atom. The number of likely N-dealkylation sites (N-methyl/N-ethyl adjacent to an activating group) is 1. The van der Waals surface area contributed by atoms with E-state index in [9.17, 15) is 0 Å². The molecule has 1 N–H and O–H groups in total. The molecule has 1 unspecified atom stereocenters. The van der Waals surface area contributed by atoms with Crippen molar-refractivity contribution in [3.05, 3.63) is 70.7 Å². The zero-order valence-corrected chi connectivity index (χ0v) is 12.5. The van der Waals surface area contributed by atoms with Gasteiger partial charge in [-0.1, -0.05) is 54.1 Å². The lowest BCUT2D eigenvalue weighted by molar-refractivity contribution is 0.777. The zero-order chi connectivity index (χ0) is 13.5. The lowest BCUT2D eigenvalue weighted by Gasteiger charge is -2.16. The largest absolute Gasteiger partial charge is 0.318 e. The number of rotatable bonds is 6. The van der Waals surface area contributed by atoms with Gasteiger partial charge in [0, 0.05) is 22.6 Å². The molecule has 1 nitrogen and oxygen atoms in total. The normalized spacial score (nSPS) is 12.3. The van der Waals surface area contributed by atoms with Gasteiger partial charge in [-0.3, -0.25) is 0 Å². The number of hydrogen-bond acceptors (Lipinski definition) is 2. The molecule has 0 aliphatic heterocycles. The molecule has 3 heteroatoms. The van der Waals surface area contributed by atoms with Crippen LogP contribution >= 0.6 is 23.4 Å². The van der Waals surface area contributed by atoms with Crippen molar-refractivity contribution < 1.29 is 0 Å². The minimum absolute atomic E-state index is 0.474. The maximum Gasteiger partial charge on any atom is 0.0425 e. The van der Waals surface area contributed by atoms with Crippen LogP contribution in [-0.2, 0) is 5.75 Å². The summed E-state index contributed by atoms with van der Waals surface area (Å²) in [7, 11) is 2.00. The fourth-order valence-electron chi connectivity index (χ4n) is 1.90. The second-order valence-corrected chi connectivity index (χ2v) is 6.02. The summed E-state index contributed by atoms with van der Waals surface area (Å²) in [5.74, 6) is 0.998. The molecule has 0 radical (unpaired) electrons. The van der Waals surface area contributed by atoms with Crippen LogP contribution in [0.1, 0.15) is 16.4 Å². The molecular weight excluding hydrogens is 274 g/mol. The van der Waals surface area contributed by atoms with Gasteiger partial charge in [-0.15, -0.1) is 11.8 Å². The minimum Gasteiger partial charge on any atom is -0.318 e.